The molecule has 0 saturated carbocycles. The van der Waals surface area contributed by atoms with Crippen molar-refractivity contribution in [3.8, 4) is 0 Å². The lowest BCUT2D eigenvalue weighted by molar-refractivity contribution is 0.446. The molecule has 1 aromatic carbocycles. The molecule has 0 aliphatic carbocycles. The lowest BCUT2D eigenvalue weighted by Gasteiger charge is -2.35. The first-order valence-electron chi connectivity index (χ1n) is 7.66. The highest BCUT2D eigenvalue weighted by Crippen LogP contribution is 2.35. The second-order valence-electron chi connectivity index (χ2n) is 5.70. The van der Waals surface area contributed by atoms with E-state index < -0.39 is 10.0 Å². The van der Waals surface area contributed by atoms with Crippen LogP contribution in [0, 0.1) is 0 Å². The molecule has 1 aliphatic heterocycles. The van der Waals surface area contributed by atoms with Crippen LogP contribution in [0.3, 0.4) is 0 Å². The summed E-state index contributed by atoms with van der Waals surface area (Å²) in [5, 5.41) is 4.28. The highest BCUT2D eigenvalue weighted by atomic mass is 32.2. The molecule has 6 nitrogen and oxygen atoms in total. The third kappa shape index (κ3) is 2.46. The van der Waals surface area contributed by atoms with Crippen molar-refractivity contribution in [1.82, 2.24) is 14.8 Å². The number of hydrogen-bond acceptors (Lipinski definition) is 4. The normalized spacial score (nSPS) is 17.5. The van der Waals surface area contributed by atoms with Gasteiger partial charge in [-0.1, -0.05) is 18.2 Å². The fraction of sp³-hybridized carbons (Fsp3) is 0.176. The quantitative estimate of drug-likeness (QED) is 0.733. The number of sulfonamides is 1. The van der Waals surface area contributed by atoms with E-state index in [0.717, 1.165) is 17.7 Å². The molecule has 1 atom stereocenters. The van der Waals surface area contributed by atoms with Crippen LogP contribution in [0.15, 0.2) is 72.1 Å². The van der Waals surface area contributed by atoms with Gasteiger partial charge < -0.3 is 0 Å². The van der Waals surface area contributed by atoms with Gasteiger partial charge in [-0.05, 0) is 36.2 Å². The van der Waals surface area contributed by atoms with Gasteiger partial charge in [-0.2, -0.15) is 5.10 Å². The average molecular weight is 340 g/mol. The predicted molar refractivity (Wildman–Crippen MR) is 90.2 cm³/mol. The Balaban J connectivity index is 1.81. The summed E-state index contributed by atoms with van der Waals surface area (Å²) in [6, 6.07) is 12.6. The molecule has 3 heterocycles. The van der Waals surface area contributed by atoms with Crippen molar-refractivity contribution in [2.45, 2.75) is 17.4 Å². The average Bonchev–Trinajstić information content (AvgIpc) is 3.16. The van der Waals surface area contributed by atoms with Crippen LogP contribution in [0.1, 0.15) is 11.6 Å². The van der Waals surface area contributed by atoms with Crippen LogP contribution in [-0.2, 0) is 16.4 Å². The van der Waals surface area contributed by atoms with E-state index in [1.807, 2.05) is 41.2 Å². The van der Waals surface area contributed by atoms with Gasteiger partial charge >= 0.3 is 0 Å². The smallest absolute Gasteiger partial charge is 0.265 e. The molecule has 24 heavy (non-hydrogen) atoms. The standard InChI is InChI=1S/C17H16N4O2S/c22-24(23,16-6-3-8-18-12-16)21-13-15(20-10-4-9-19-20)11-14-5-1-2-7-17(14)21/h1-10,12,15H,11,13H2/t15-/m0/s1. The second kappa shape index (κ2) is 5.76. The Morgan fingerprint density at radius 3 is 2.67 bits per heavy atom. The van der Waals surface area contributed by atoms with Crippen molar-refractivity contribution in [2.75, 3.05) is 10.8 Å². The number of para-hydroxylation sites is 1. The Morgan fingerprint density at radius 1 is 1.04 bits per heavy atom. The largest absolute Gasteiger partial charge is 0.268 e. The number of rotatable bonds is 3. The fourth-order valence-corrected chi connectivity index (χ4v) is 4.57. The number of fused-ring (bicyclic) bond motifs is 1. The number of pyridine rings is 1. The molecule has 0 amide bonds. The first-order valence-corrected chi connectivity index (χ1v) is 9.10. The van der Waals surface area contributed by atoms with E-state index in [1.54, 1.807) is 24.5 Å². The van der Waals surface area contributed by atoms with E-state index in [4.69, 9.17) is 0 Å². The van der Waals surface area contributed by atoms with Crippen molar-refractivity contribution in [3.63, 3.8) is 0 Å². The van der Waals surface area contributed by atoms with Gasteiger partial charge in [0.15, 0.2) is 0 Å². The third-order valence-electron chi connectivity index (χ3n) is 4.21. The van der Waals surface area contributed by atoms with Crippen LogP contribution in [-0.4, -0.2) is 29.7 Å². The molecule has 3 aromatic rings. The van der Waals surface area contributed by atoms with Crippen LogP contribution in [0.5, 0.6) is 0 Å². The lowest BCUT2D eigenvalue weighted by atomic mass is 10.00. The zero-order valence-electron chi connectivity index (χ0n) is 12.9. The summed E-state index contributed by atoms with van der Waals surface area (Å²) >= 11 is 0. The van der Waals surface area contributed by atoms with Gasteiger partial charge in [-0.15, -0.1) is 0 Å². The zero-order chi connectivity index (χ0) is 16.6. The summed E-state index contributed by atoms with van der Waals surface area (Å²) < 4.78 is 29.5. The van der Waals surface area contributed by atoms with Crippen molar-refractivity contribution in [1.29, 1.82) is 0 Å². The molecule has 0 spiro atoms. The van der Waals surface area contributed by atoms with Gasteiger partial charge in [0.25, 0.3) is 10.0 Å². The molecule has 1 aliphatic rings. The summed E-state index contributed by atoms with van der Waals surface area (Å²) in [5.41, 5.74) is 1.72. The maximum atomic E-state index is 13.1. The van der Waals surface area contributed by atoms with E-state index in [0.29, 0.717) is 6.54 Å². The third-order valence-corrected chi connectivity index (χ3v) is 5.98. The van der Waals surface area contributed by atoms with E-state index in [-0.39, 0.29) is 10.9 Å². The molecule has 122 valence electrons. The van der Waals surface area contributed by atoms with Crippen LogP contribution in [0.2, 0.25) is 0 Å². The zero-order valence-corrected chi connectivity index (χ0v) is 13.7. The van der Waals surface area contributed by atoms with Crippen molar-refractivity contribution < 1.29 is 8.42 Å². The van der Waals surface area contributed by atoms with Crippen LogP contribution < -0.4 is 4.31 Å². The van der Waals surface area contributed by atoms with E-state index in [1.165, 1.54) is 10.5 Å². The summed E-state index contributed by atoms with van der Waals surface area (Å²) in [6.45, 7) is 0.343. The summed E-state index contributed by atoms with van der Waals surface area (Å²) in [6.07, 6.45) is 7.27. The minimum absolute atomic E-state index is 0.0404. The Hall–Kier alpha value is -2.67. The minimum Gasteiger partial charge on any atom is -0.268 e. The molecular weight excluding hydrogens is 324 g/mol. The molecule has 4 rings (SSSR count). The molecule has 0 unspecified atom stereocenters. The number of hydrogen-bond donors (Lipinski definition) is 0. The molecule has 0 radical (unpaired) electrons. The molecule has 0 fully saturated rings. The van der Waals surface area contributed by atoms with Crippen molar-refractivity contribution in [3.05, 3.63) is 72.8 Å². The fourth-order valence-electron chi connectivity index (χ4n) is 3.06. The molecule has 0 bridgehead atoms. The monoisotopic (exact) mass is 340 g/mol. The molecular formula is C17H16N4O2S. The molecule has 0 saturated heterocycles. The van der Waals surface area contributed by atoms with Gasteiger partial charge in [-0.3, -0.25) is 14.0 Å². The van der Waals surface area contributed by atoms with Crippen LogP contribution >= 0.6 is 0 Å². The lowest BCUT2D eigenvalue weighted by Crippen LogP contribution is -2.41. The number of nitrogens with zero attached hydrogens (tertiary/aromatic N) is 4. The molecule has 0 N–H and O–H groups in total. The Morgan fingerprint density at radius 2 is 1.92 bits per heavy atom. The maximum Gasteiger partial charge on any atom is 0.265 e. The summed E-state index contributed by atoms with van der Waals surface area (Å²) in [7, 11) is -3.67. The minimum atomic E-state index is -3.67. The SMILES string of the molecule is O=S(=O)(c1cccnc1)N1C[C@@H](n2cccn2)Cc2ccccc21. The van der Waals surface area contributed by atoms with E-state index in [2.05, 4.69) is 10.1 Å². The van der Waals surface area contributed by atoms with Gasteiger partial charge in [0.05, 0.1) is 18.3 Å². The van der Waals surface area contributed by atoms with E-state index in [9.17, 15) is 8.42 Å². The predicted octanol–water partition coefficient (Wildman–Crippen LogP) is 2.27. The first-order chi connectivity index (χ1) is 11.7. The summed E-state index contributed by atoms with van der Waals surface area (Å²) in [4.78, 5) is 4.14. The number of benzene rings is 1. The Kier molecular flexibility index (Phi) is 3.57. The van der Waals surface area contributed by atoms with Crippen LogP contribution in [0.4, 0.5) is 5.69 Å². The number of aromatic nitrogens is 3. The van der Waals surface area contributed by atoms with Crippen molar-refractivity contribution in [2.24, 2.45) is 0 Å². The van der Waals surface area contributed by atoms with Crippen LogP contribution in [0.25, 0.3) is 0 Å². The molecule has 2 aromatic heterocycles. The highest BCUT2D eigenvalue weighted by Gasteiger charge is 2.34. The maximum absolute atomic E-state index is 13.1. The van der Waals surface area contributed by atoms with Gasteiger partial charge in [-0.25, -0.2) is 8.42 Å². The Labute approximate surface area is 140 Å². The second-order valence-corrected chi connectivity index (χ2v) is 7.56. The highest BCUT2D eigenvalue weighted by molar-refractivity contribution is 7.92. The van der Waals surface area contributed by atoms with Gasteiger partial charge in [0, 0.05) is 24.8 Å². The molecule has 7 heteroatoms. The van der Waals surface area contributed by atoms with Gasteiger partial charge in [0.1, 0.15) is 4.90 Å². The van der Waals surface area contributed by atoms with Crippen molar-refractivity contribution >= 4 is 15.7 Å². The van der Waals surface area contributed by atoms with E-state index >= 15 is 0 Å². The first kappa shape index (κ1) is 14.9. The van der Waals surface area contributed by atoms with Gasteiger partial charge in [0.2, 0.25) is 0 Å². The Bertz CT molecular complexity index is 940. The summed E-state index contributed by atoms with van der Waals surface area (Å²) in [5.74, 6) is 0. The topological polar surface area (TPSA) is 68.1 Å². The number of anilines is 1.